The van der Waals surface area contributed by atoms with E-state index < -0.39 is 0 Å². The van der Waals surface area contributed by atoms with Crippen LogP contribution in [0.1, 0.15) is 71.6 Å². The Bertz CT molecular complexity index is 91.1. The van der Waals surface area contributed by atoms with Crippen LogP contribution in [-0.4, -0.2) is 5.66 Å². The van der Waals surface area contributed by atoms with Crippen molar-refractivity contribution in [2.45, 2.75) is 77.3 Å². The summed E-state index contributed by atoms with van der Waals surface area (Å²) in [4.78, 5) is 0. The second-order valence-corrected chi connectivity index (χ2v) is 5.05. The van der Waals surface area contributed by atoms with Crippen molar-refractivity contribution in [1.29, 1.82) is 0 Å². The van der Waals surface area contributed by atoms with Crippen LogP contribution in [0.4, 0.5) is 0 Å². The van der Waals surface area contributed by atoms with Gasteiger partial charge in [-0.2, -0.15) is 0 Å². The monoisotopic (exact) mass is 202 g/mol. The lowest BCUT2D eigenvalue weighted by molar-refractivity contribution is 0.571. The summed E-state index contributed by atoms with van der Waals surface area (Å²) >= 11 is 0. The number of unbranched alkanes of at least 4 members (excludes halogenated alkanes) is 5. The highest BCUT2D eigenvalue weighted by Crippen LogP contribution is 2.17. The minimum Gasteiger partial charge on any atom is -0.134 e. The van der Waals surface area contributed by atoms with E-state index >= 15 is 0 Å². The molecule has 80 valence electrons. The van der Waals surface area contributed by atoms with E-state index in [1.54, 1.807) is 0 Å². The lowest BCUT2D eigenvalue weighted by atomic mass is 10.1. The minimum atomic E-state index is 0.890. The SMILES string of the molecule is CCCCCCCC(P)CCCC. The van der Waals surface area contributed by atoms with Gasteiger partial charge in [0.25, 0.3) is 0 Å². The molecule has 0 aliphatic heterocycles. The standard InChI is InChI=1S/C12H27P/c1-3-5-7-8-9-11-12(13)10-6-4-2/h12H,3-11,13H2,1-2H3. The highest BCUT2D eigenvalue weighted by atomic mass is 31.0. The van der Waals surface area contributed by atoms with Gasteiger partial charge < -0.3 is 0 Å². The Morgan fingerprint density at radius 1 is 0.769 bits per heavy atom. The van der Waals surface area contributed by atoms with E-state index in [9.17, 15) is 0 Å². The molecule has 0 heterocycles. The van der Waals surface area contributed by atoms with Crippen LogP contribution in [0.15, 0.2) is 0 Å². The lowest BCUT2D eigenvalue weighted by Gasteiger charge is -2.09. The molecule has 0 radical (unpaired) electrons. The minimum absolute atomic E-state index is 0.890. The molecule has 0 aromatic rings. The van der Waals surface area contributed by atoms with Crippen LogP contribution in [0.25, 0.3) is 0 Å². The Hall–Kier alpha value is 0.430. The fourth-order valence-electron chi connectivity index (χ4n) is 1.62. The number of hydrogen-bond acceptors (Lipinski definition) is 0. The van der Waals surface area contributed by atoms with Crippen LogP contribution in [0.3, 0.4) is 0 Å². The molecule has 0 aromatic heterocycles. The molecule has 0 N–H and O–H groups in total. The van der Waals surface area contributed by atoms with Crippen LogP contribution >= 0.6 is 9.24 Å². The zero-order valence-corrected chi connectivity index (χ0v) is 10.7. The Kier molecular flexibility index (Phi) is 10.9. The quantitative estimate of drug-likeness (QED) is 0.373. The Labute approximate surface area is 87.1 Å². The molecule has 0 spiro atoms. The summed E-state index contributed by atoms with van der Waals surface area (Å²) in [6.45, 7) is 4.55. The highest BCUT2D eigenvalue weighted by molar-refractivity contribution is 7.17. The summed E-state index contributed by atoms with van der Waals surface area (Å²) in [7, 11) is 3.01. The van der Waals surface area contributed by atoms with E-state index in [2.05, 4.69) is 23.1 Å². The molecular formula is C12H27P. The van der Waals surface area contributed by atoms with Crippen LogP contribution < -0.4 is 0 Å². The first kappa shape index (κ1) is 13.4. The summed E-state index contributed by atoms with van der Waals surface area (Å²) in [6.07, 6.45) is 12.7. The van der Waals surface area contributed by atoms with E-state index in [0.29, 0.717) is 0 Å². The predicted octanol–water partition coefficient (Wildman–Crippen LogP) is 4.78. The summed E-state index contributed by atoms with van der Waals surface area (Å²) in [5.41, 5.74) is 0.890. The van der Waals surface area contributed by atoms with Gasteiger partial charge in [-0.3, -0.25) is 0 Å². The molecule has 0 saturated carbocycles. The maximum Gasteiger partial charge on any atom is -0.0264 e. The number of hydrogen-bond donors (Lipinski definition) is 0. The molecule has 13 heavy (non-hydrogen) atoms. The van der Waals surface area contributed by atoms with Crippen molar-refractivity contribution in [2.24, 2.45) is 0 Å². The third kappa shape index (κ3) is 10.4. The van der Waals surface area contributed by atoms with Gasteiger partial charge in [0.1, 0.15) is 0 Å². The summed E-state index contributed by atoms with van der Waals surface area (Å²) in [5, 5.41) is 0. The van der Waals surface area contributed by atoms with Crippen molar-refractivity contribution < 1.29 is 0 Å². The first-order valence-corrected chi connectivity index (χ1v) is 6.73. The molecule has 2 unspecified atom stereocenters. The van der Waals surface area contributed by atoms with Gasteiger partial charge in [0.2, 0.25) is 0 Å². The van der Waals surface area contributed by atoms with Crippen molar-refractivity contribution in [2.75, 3.05) is 0 Å². The topological polar surface area (TPSA) is 0 Å². The van der Waals surface area contributed by atoms with Crippen LogP contribution in [0.2, 0.25) is 0 Å². The first-order valence-electron chi connectivity index (χ1n) is 6.06. The predicted molar refractivity (Wildman–Crippen MR) is 66.4 cm³/mol. The van der Waals surface area contributed by atoms with E-state index in [1.807, 2.05) is 0 Å². The van der Waals surface area contributed by atoms with E-state index in [4.69, 9.17) is 0 Å². The van der Waals surface area contributed by atoms with E-state index in [-0.39, 0.29) is 0 Å². The molecular weight excluding hydrogens is 175 g/mol. The third-order valence-corrected chi connectivity index (χ3v) is 3.27. The van der Waals surface area contributed by atoms with Crippen molar-refractivity contribution in [3.05, 3.63) is 0 Å². The van der Waals surface area contributed by atoms with Crippen molar-refractivity contribution in [1.82, 2.24) is 0 Å². The maximum absolute atomic E-state index is 3.01. The van der Waals surface area contributed by atoms with Crippen LogP contribution in [0.5, 0.6) is 0 Å². The van der Waals surface area contributed by atoms with Crippen LogP contribution in [0, 0.1) is 0 Å². The maximum atomic E-state index is 3.01. The van der Waals surface area contributed by atoms with Gasteiger partial charge in [-0.05, 0) is 18.5 Å². The summed E-state index contributed by atoms with van der Waals surface area (Å²) < 4.78 is 0. The zero-order chi connectivity index (χ0) is 9.94. The van der Waals surface area contributed by atoms with Crippen molar-refractivity contribution in [3.8, 4) is 0 Å². The molecule has 0 nitrogen and oxygen atoms in total. The van der Waals surface area contributed by atoms with Gasteiger partial charge in [-0.25, -0.2) is 0 Å². The van der Waals surface area contributed by atoms with E-state index in [1.165, 1.54) is 57.8 Å². The fourth-order valence-corrected chi connectivity index (χ4v) is 2.09. The third-order valence-electron chi connectivity index (χ3n) is 2.61. The Balaban J connectivity index is 3.03. The van der Waals surface area contributed by atoms with Gasteiger partial charge in [-0.15, -0.1) is 9.24 Å². The smallest absolute Gasteiger partial charge is 0.0264 e. The van der Waals surface area contributed by atoms with Gasteiger partial charge in [0.15, 0.2) is 0 Å². The molecule has 0 aromatic carbocycles. The normalized spacial score (nSPS) is 13.2. The second-order valence-electron chi connectivity index (χ2n) is 4.11. The second kappa shape index (κ2) is 10.5. The molecule has 2 atom stereocenters. The summed E-state index contributed by atoms with van der Waals surface area (Å²) in [6, 6.07) is 0. The molecule has 0 saturated heterocycles. The van der Waals surface area contributed by atoms with Gasteiger partial charge in [-0.1, -0.05) is 58.8 Å². The average Bonchev–Trinajstić information content (AvgIpc) is 2.14. The fraction of sp³-hybridized carbons (Fsp3) is 1.00. The van der Waals surface area contributed by atoms with Gasteiger partial charge >= 0.3 is 0 Å². The molecule has 1 heteroatoms. The number of rotatable bonds is 9. The lowest BCUT2D eigenvalue weighted by Crippen LogP contribution is -1.97. The van der Waals surface area contributed by atoms with Gasteiger partial charge in [0, 0.05) is 0 Å². The molecule has 0 aliphatic rings. The molecule has 0 rings (SSSR count). The van der Waals surface area contributed by atoms with Crippen molar-refractivity contribution >= 4 is 9.24 Å². The molecule has 0 bridgehead atoms. The first-order chi connectivity index (χ1) is 6.31. The van der Waals surface area contributed by atoms with Crippen LogP contribution in [-0.2, 0) is 0 Å². The zero-order valence-electron chi connectivity index (χ0n) is 9.52. The Morgan fingerprint density at radius 2 is 1.31 bits per heavy atom. The Morgan fingerprint density at radius 3 is 1.92 bits per heavy atom. The summed E-state index contributed by atoms with van der Waals surface area (Å²) in [5.74, 6) is 0. The highest BCUT2D eigenvalue weighted by Gasteiger charge is 2.00. The van der Waals surface area contributed by atoms with Gasteiger partial charge in [0.05, 0.1) is 0 Å². The molecule has 0 aliphatic carbocycles. The molecule has 0 fully saturated rings. The molecule has 0 amide bonds. The largest absolute Gasteiger partial charge is 0.134 e. The average molecular weight is 202 g/mol. The van der Waals surface area contributed by atoms with E-state index in [0.717, 1.165) is 5.66 Å². The van der Waals surface area contributed by atoms with Crippen molar-refractivity contribution in [3.63, 3.8) is 0 Å².